The smallest absolute Gasteiger partial charge is 0.244 e. The molecule has 1 aromatic carbocycles. The van der Waals surface area contributed by atoms with Crippen molar-refractivity contribution in [3.63, 3.8) is 0 Å². The second-order valence-electron chi connectivity index (χ2n) is 3.95. The van der Waals surface area contributed by atoms with Crippen molar-refractivity contribution in [3.05, 3.63) is 59.0 Å². The van der Waals surface area contributed by atoms with Gasteiger partial charge < -0.3 is 14.5 Å². The van der Waals surface area contributed by atoms with Crippen molar-refractivity contribution in [1.82, 2.24) is 5.32 Å². The average molecular weight is 336 g/mol. The van der Waals surface area contributed by atoms with E-state index in [0.29, 0.717) is 18.9 Å². The van der Waals surface area contributed by atoms with E-state index in [4.69, 9.17) is 9.15 Å². The van der Waals surface area contributed by atoms with Gasteiger partial charge in [-0.3, -0.25) is 4.79 Å². The summed E-state index contributed by atoms with van der Waals surface area (Å²) < 4.78 is 11.5. The predicted molar refractivity (Wildman–Crippen MR) is 80.4 cm³/mol. The second kappa shape index (κ2) is 7.55. The van der Waals surface area contributed by atoms with Gasteiger partial charge in [-0.25, -0.2) is 0 Å². The number of ether oxygens (including phenoxy) is 1. The van der Waals surface area contributed by atoms with E-state index in [-0.39, 0.29) is 5.91 Å². The molecular weight excluding hydrogens is 322 g/mol. The van der Waals surface area contributed by atoms with Crippen LogP contribution in [0.4, 0.5) is 0 Å². The minimum atomic E-state index is -0.181. The fourth-order valence-electron chi connectivity index (χ4n) is 1.50. The zero-order valence-electron chi connectivity index (χ0n) is 10.7. The zero-order chi connectivity index (χ0) is 14.2. The first kappa shape index (κ1) is 14.4. The molecular formula is C15H14BrNO3. The average Bonchev–Trinajstić information content (AvgIpc) is 2.95. The minimum Gasteiger partial charge on any atom is -0.492 e. The molecule has 1 N–H and O–H groups in total. The molecule has 20 heavy (non-hydrogen) atoms. The molecule has 0 unspecified atom stereocenters. The first-order valence-electron chi connectivity index (χ1n) is 6.12. The highest BCUT2D eigenvalue weighted by atomic mass is 79.9. The molecule has 2 rings (SSSR count). The summed E-state index contributed by atoms with van der Waals surface area (Å²) in [4.78, 5) is 11.5. The van der Waals surface area contributed by atoms with Crippen LogP contribution >= 0.6 is 15.9 Å². The topological polar surface area (TPSA) is 51.5 Å². The molecule has 0 atom stereocenters. The molecule has 104 valence electrons. The van der Waals surface area contributed by atoms with E-state index in [1.807, 2.05) is 24.3 Å². The monoisotopic (exact) mass is 335 g/mol. The van der Waals surface area contributed by atoms with Gasteiger partial charge in [-0.2, -0.15) is 0 Å². The van der Waals surface area contributed by atoms with E-state index in [9.17, 15) is 4.79 Å². The third kappa shape index (κ3) is 4.93. The van der Waals surface area contributed by atoms with Crippen LogP contribution in [0.15, 0.2) is 57.6 Å². The van der Waals surface area contributed by atoms with Gasteiger partial charge in [0.1, 0.15) is 18.1 Å². The van der Waals surface area contributed by atoms with Crippen molar-refractivity contribution in [3.8, 4) is 5.75 Å². The highest BCUT2D eigenvalue weighted by molar-refractivity contribution is 9.10. The van der Waals surface area contributed by atoms with Gasteiger partial charge in [-0.15, -0.1) is 0 Å². The SMILES string of the molecule is O=C(C=Cc1ccco1)NCCOc1cccc(Br)c1. The lowest BCUT2D eigenvalue weighted by atomic mass is 10.3. The number of benzene rings is 1. The van der Waals surface area contributed by atoms with Gasteiger partial charge in [0.05, 0.1) is 12.8 Å². The number of amides is 1. The summed E-state index contributed by atoms with van der Waals surface area (Å²) in [5, 5.41) is 2.73. The van der Waals surface area contributed by atoms with Gasteiger partial charge in [0.2, 0.25) is 5.91 Å². The molecule has 0 aliphatic carbocycles. The van der Waals surface area contributed by atoms with Crippen LogP contribution in [0.5, 0.6) is 5.75 Å². The Labute approximate surface area is 125 Å². The van der Waals surface area contributed by atoms with Crippen LogP contribution in [0.1, 0.15) is 5.76 Å². The molecule has 2 aromatic rings. The van der Waals surface area contributed by atoms with Crippen LogP contribution in [0, 0.1) is 0 Å². The van der Waals surface area contributed by atoms with Crippen molar-refractivity contribution < 1.29 is 13.9 Å². The molecule has 0 saturated heterocycles. The maximum absolute atomic E-state index is 11.5. The molecule has 0 saturated carbocycles. The van der Waals surface area contributed by atoms with Crippen LogP contribution in [-0.2, 0) is 4.79 Å². The Hall–Kier alpha value is -2.01. The molecule has 1 amide bonds. The van der Waals surface area contributed by atoms with E-state index in [0.717, 1.165) is 10.2 Å². The lowest BCUT2D eigenvalue weighted by Gasteiger charge is -2.06. The summed E-state index contributed by atoms with van der Waals surface area (Å²) in [5.74, 6) is 1.23. The largest absolute Gasteiger partial charge is 0.492 e. The lowest BCUT2D eigenvalue weighted by molar-refractivity contribution is -0.116. The van der Waals surface area contributed by atoms with Gasteiger partial charge in [0.15, 0.2) is 0 Å². The Balaban J connectivity index is 1.67. The molecule has 0 spiro atoms. The van der Waals surface area contributed by atoms with E-state index in [1.165, 1.54) is 6.08 Å². The van der Waals surface area contributed by atoms with Gasteiger partial charge in [-0.1, -0.05) is 22.0 Å². The molecule has 0 radical (unpaired) electrons. The number of halogens is 1. The molecule has 0 fully saturated rings. The predicted octanol–water partition coefficient (Wildman–Crippen LogP) is 3.25. The van der Waals surface area contributed by atoms with Gasteiger partial charge in [-0.05, 0) is 36.4 Å². The van der Waals surface area contributed by atoms with Crippen LogP contribution in [-0.4, -0.2) is 19.1 Å². The highest BCUT2D eigenvalue weighted by Crippen LogP contribution is 2.17. The molecule has 0 aliphatic heterocycles. The van der Waals surface area contributed by atoms with Crippen LogP contribution in [0.25, 0.3) is 6.08 Å². The Morgan fingerprint density at radius 2 is 2.25 bits per heavy atom. The van der Waals surface area contributed by atoms with E-state index in [2.05, 4.69) is 21.2 Å². The third-order valence-corrected chi connectivity index (χ3v) is 2.90. The molecule has 5 heteroatoms. The van der Waals surface area contributed by atoms with Crippen LogP contribution < -0.4 is 10.1 Å². The Morgan fingerprint density at radius 1 is 1.35 bits per heavy atom. The standard InChI is InChI=1S/C15H14BrNO3/c16-12-3-1-4-14(11-12)20-10-8-17-15(18)7-6-13-5-2-9-19-13/h1-7,9,11H,8,10H2,(H,17,18). The van der Waals surface area contributed by atoms with Crippen molar-refractivity contribution >= 4 is 27.9 Å². The maximum atomic E-state index is 11.5. The minimum absolute atomic E-state index is 0.181. The Kier molecular flexibility index (Phi) is 5.43. The molecule has 0 bridgehead atoms. The second-order valence-corrected chi connectivity index (χ2v) is 4.86. The zero-order valence-corrected chi connectivity index (χ0v) is 12.3. The van der Waals surface area contributed by atoms with Crippen LogP contribution in [0.3, 0.4) is 0 Å². The fraction of sp³-hybridized carbons (Fsp3) is 0.133. The van der Waals surface area contributed by atoms with Crippen LogP contribution in [0.2, 0.25) is 0 Å². The summed E-state index contributed by atoms with van der Waals surface area (Å²) in [5.41, 5.74) is 0. The van der Waals surface area contributed by atoms with Crippen molar-refractivity contribution in [2.24, 2.45) is 0 Å². The molecule has 1 heterocycles. The van der Waals surface area contributed by atoms with E-state index in [1.54, 1.807) is 24.5 Å². The first-order valence-corrected chi connectivity index (χ1v) is 6.91. The summed E-state index contributed by atoms with van der Waals surface area (Å²) >= 11 is 3.37. The maximum Gasteiger partial charge on any atom is 0.244 e. The molecule has 4 nitrogen and oxygen atoms in total. The Morgan fingerprint density at radius 3 is 3.00 bits per heavy atom. The van der Waals surface area contributed by atoms with Crippen molar-refractivity contribution in [2.75, 3.05) is 13.2 Å². The number of carbonyl (C=O) groups excluding carboxylic acids is 1. The number of nitrogens with one attached hydrogen (secondary N) is 1. The molecule has 0 aliphatic rings. The fourth-order valence-corrected chi connectivity index (χ4v) is 1.88. The quantitative estimate of drug-likeness (QED) is 0.651. The normalized spacial score (nSPS) is 10.7. The summed E-state index contributed by atoms with van der Waals surface area (Å²) in [6.07, 6.45) is 4.60. The van der Waals surface area contributed by atoms with Crippen molar-refractivity contribution in [1.29, 1.82) is 0 Å². The number of carbonyl (C=O) groups is 1. The van der Waals surface area contributed by atoms with E-state index >= 15 is 0 Å². The van der Waals surface area contributed by atoms with E-state index < -0.39 is 0 Å². The number of hydrogen-bond acceptors (Lipinski definition) is 3. The summed E-state index contributed by atoms with van der Waals surface area (Å²) in [6.45, 7) is 0.852. The summed E-state index contributed by atoms with van der Waals surface area (Å²) in [7, 11) is 0. The highest BCUT2D eigenvalue weighted by Gasteiger charge is 1.97. The van der Waals surface area contributed by atoms with Crippen molar-refractivity contribution in [2.45, 2.75) is 0 Å². The Bertz CT molecular complexity index is 579. The third-order valence-electron chi connectivity index (χ3n) is 2.41. The summed E-state index contributed by atoms with van der Waals surface area (Å²) in [6, 6.07) is 11.1. The molecule has 1 aromatic heterocycles. The van der Waals surface area contributed by atoms with Gasteiger partial charge in [0, 0.05) is 10.5 Å². The van der Waals surface area contributed by atoms with Gasteiger partial charge in [0.25, 0.3) is 0 Å². The first-order chi connectivity index (χ1) is 9.74. The lowest BCUT2D eigenvalue weighted by Crippen LogP contribution is -2.26. The number of hydrogen-bond donors (Lipinski definition) is 1. The number of furan rings is 1. The number of rotatable bonds is 6. The van der Waals surface area contributed by atoms with Gasteiger partial charge >= 0.3 is 0 Å².